The van der Waals surface area contributed by atoms with Gasteiger partial charge in [-0.1, -0.05) is 29.8 Å². The number of fused-ring (bicyclic) bond motifs is 3. The lowest BCUT2D eigenvalue weighted by Gasteiger charge is -2.27. The predicted molar refractivity (Wildman–Crippen MR) is 133 cm³/mol. The average molecular weight is 541 g/mol. The molecule has 1 aromatic carbocycles. The maximum Gasteiger partial charge on any atom is 0.333 e. The molecule has 0 fully saturated rings. The van der Waals surface area contributed by atoms with Gasteiger partial charge in [-0.15, -0.1) is 10.2 Å². The number of aryl methyl sites for hydroxylation is 2. The minimum atomic E-state index is -3.61. The van der Waals surface area contributed by atoms with Gasteiger partial charge in [0.25, 0.3) is 0 Å². The lowest BCUT2D eigenvalue weighted by Crippen LogP contribution is -2.30. The number of nitrogens with zero attached hydrogens (tertiary/aromatic N) is 9. The van der Waals surface area contributed by atoms with Gasteiger partial charge in [0.05, 0.1) is 23.0 Å². The van der Waals surface area contributed by atoms with E-state index in [1.165, 1.54) is 18.2 Å². The lowest BCUT2D eigenvalue weighted by molar-refractivity contribution is 0.0258. The van der Waals surface area contributed by atoms with E-state index in [4.69, 9.17) is 11.6 Å². The topological polar surface area (TPSA) is 104 Å². The predicted octanol–water partition coefficient (Wildman–Crippen LogP) is 4.70. The van der Waals surface area contributed by atoms with Crippen LogP contribution in [-0.2, 0) is 19.5 Å². The summed E-state index contributed by atoms with van der Waals surface area (Å²) in [6.45, 7) is 0.977. The summed E-state index contributed by atoms with van der Waals surface area (Å²) >= 11 is 6.06. The first-order valence-corrected chi connectivity index (χ1v) is 12.0. The van der Waals surface area contributed by atoms with Crippen LogP contribution in [0.4, 0.5) is 24.9 Å². The summed E-state index contributed by atoms with van der Waals surface area (Å²) < 4.78 is 49.9. The molecule has 10 nitrogen and oxygen atoms in total. The number of nitrogens with one attached hydrogen (secondary N) is 1. The van der Waals surface area contributed by atoms with Gasteiger partial charge >= 0.3 is 5.92 Å². The first kappa shape index (κ1) is 24.1. The number of halogens is 4. The molecule has 5 heterocycles. The quantitative estimate of drug-likeness (QED) is 0.333. The van der Waals surface area contributed by atoms with Gasteiger partial charge in [0.15, 0.2) is 5.82 Å². The van der Waals surface area contributed by atoms with E-state index in [1.54, 1.807) is 47.0 Å². The summed E-state index contributed by atoms with van der Waals surface area (Å²) in [5.74, 6) is -2.98. The van der Waals surface area contributed by atoms with Crippen LogP contribution in [-0.4, -0.2) is 50.7 Å². The number of hydrogen-bond donors (Lipinski definition) is 1. The molecule has 0 spiro atoms. The van der Waals surface area contributed by atoms with Crippen molar-refractivity contribution in [1.82, 2.24) is 44.1 Å². The Labute approximate surface area is 219 Å². The lowest BCUT2D eigenvalue weighted by atomic mass is 10.1. The highest BCUT2D eigenvalue weighted by molar-refractivity contribution is 6.31. The van der Waals surface area contributed by atoms with E-state index in [0.29, 0.717) is 23.2 Å². The van der Waals surface area contributed by atoms with Gasteiger partial charge in [-0.05, 0) is 18.6 Å². The Morgan fingerprint density at radius 3 is 2.68 bits per heavy atom. The molecule has 194 valence electrons. The molecule has 0 radical (unpaired) electrons. The molecule has 5 aromatic rings. The minimum absolute atomic E-state index is 0.0341. The minimum Gasteiger partial charge on any atom is -0.325 e. The zero-order valence-corrected chi connectivity index (χ0v) is 20.9. The second-order valence-corrected chi connectivity index (χ2v) is 9.28. The number of anilines is 2. The molecule has 6 rings (SSSR count). The van der Waals surface area contributed by atoms with Crippen LogP contribution < -0.4 is 5.32 Å². The molecular weight excluding hydrogens is 521 g/mol. The van der Waals surface area contributed by atoms with Crippen LogP contribution in [0.5, 0.6) is 0 Å². The van der Waals surface area contributed by atoms with E-state index in [2.05, 4.69) is 35.6 Å². The van der Waals surface area contributed by atoms with Gasteiger partial charge in [-0.25, -0.2) is 19.3 Å². The summed E-state index contributed by atoms with van der Waals surface area (Å²) in [7, 11) is 1.78. The average Bonchev–Trinajstić information content (AvgIpc) is 3.63. The Morgan fingerprint density at radius 2 is 1.95 bits per heavy atom. The van der Waals surface area contributed by atoms with Crippen LogP contribution in [0, 0.1) is 6.92 Å². The van der Waals surface area contributed by atoms with Gasteiger partial charge in [-0.3, -0.25) is 9.25 Å². The zero-order chi connectivity index (χ0) is 26.6. The van der Waals surface area contributed by atoms with E-state index in [0.717, 1.165) is 10.1 Å². The van der Waals surface area contributed by atoms with Crippen molar-refractivity contribution in [3.05, 3.63) is 70.9 Å². The Hall–Kier alpha value is -4.26. The van der Waals surface area contributed by atoms with E-state index in [1.807, 2.05) is 6.92 Å². The Balaban J connectivity index is 1.42. The van der Waals surface area contributed by atoms with Crippen molar-refractivity contribution in [3.63, 3.8) is 0 Å². The highest BCUT2D eigenvalue weighted by Crippen LogP contribution is 2.42. The van der Waals surface area contributed by atoms with Crippen LogP contribution in [0.15, 0.2) is 48.9 Å². The first-order chi connectivity index (χ1) is 18.3. The Bertz CT molecular complexity index is 1660. The monoisotopic (exact) mass is 540 g/mol. The second-order valence-electron chi connectivity index (χ2n) is 8.87. The molecule has 0 bridgehead atoms. The summed E-state index contributed by atoms with van der Waals surface area (Å²) in [6, 6.07) is 6.40. The standard InChI is InChI=1S/C24H20ClF3N10/c1-13-10-29-23(32-18-7-8-30-36(18)2)33-19(13)17-12-37-11-14(9-26)38-21(20(37)31-17)34-35-22(38)24(27,28)15-5-3-4-6-16(15)25/h3-8,10,12,14H,9,11H2,1-2H3,(H,29,32,33)/t14-/m1/s1. The molecule has 0 saturated heterocycles. The second kappa shape index (κ2) is 8.94. The summed E-state index contributed by atoms with van der Waals surface area (Å²) in [6.07, 6.45) is 4.99. The number of alkyl halides is 3. The van der Waals surface area contributed by atoms with Crippen LogP contribution in [0.2, 0.25) is 5.02 Å². The van der Waals surface area contributed by atoms with E-state index in [9.17, 15) is 4.39 Å². The molecule has 0 amide bonds. The fourth-order valence-corrected chi connectivity index (χ4v) is 4.74. The zero-order valence-electron chi connectivity index (χ0n) is 20.1. The first-order valence-electron chi connectivity index (χ1n) is 11.6. The van der Waals surface area contributed by atoms with Gasteiger partial charge in [0.1, 0.15) is 18.2 Å². The third kappa shape index (κ3) is 3.81. The summed E-state index contributed by atoms with van der Waals surface area (Å²) in [5, 5.41) is 14.9. The number of aromatic nitrogens is 9. The van der Waals surface area contributed by atoms with Crippen LogP contribution in [0.3, 0.4) is 0 Å². The molecule has 1 aliphatic rings. The largest absolute Gasteiger partial charge is 0.333 e. The molecule has 4 aromatic heterocycles. The summed E-state index contributed by atoms with van der Waals surface area (Å²) in [4.78, 5) is 13.6. The van der Waals surface area contributed by atoms with Crippen molar-refractivity contribution < 1.29 is 13.2 Å². The van der Waals surface area contributed by atoms with Crippen molar-refractivity contribution >= 4 is 23.4 Å². The van der Waals surface area contributed by atoms with Crippen molar-refractivity contribution in [2.24, 2.45) is 7.05 Å². The Morgan fingerprint density at radius 1 is 1.13 bits per heavy atom. The molecule has 0 unspecified atom stereocenters. The normalized spacial score (nSPS) is 14.8. The smallest absolute Gasteiger partial charge is 0.325 e. The fraction of sp³-hybridized carbons (Fsp3) is 0.250. The van der Waals surface area contributed by atoms with E-state index >= 15 is 8.78 Å². The van der Waals surface area contributed by atoms with Crippen molar-refractivity contribution in [2.45, 2.75) is 25.4 Å². The number of imidazole rings is 1. The highest BCUT2D eigenvalue weighted by Gasteiger charge is 2.45. The molecule has 0 saturated carbocycles. The molecule has 1 N–H and O–H groups in total. The molecule has 1 aliphatic heterocycles. The number of hydrogen-bond acceptors (Lipinski definition) is 7. The van der Waals surface area contributed by atoms with Crippen LogP contribution in [0.25, 0.3) is 23.0 Å². The maximum atomic E-state index is 15.6. The highest BCUT2D eigenvalue weighted by atomic mass is 35.5. The Kier molecular flexibility index (Phi) is 5.67. The van der Waals surface area contributed by atoms with Crippen LogP contribution in [0.1, 0.15) is 23.0 Å². The SMILES string of the molecule is Cc1cnc(Nc2ccnn2C)nc1-c1cn2c(n1)-c1nnc(C(F)(F)c3ccccc3Cl)n1[C@H](CF)C2. The van der Waals surface area contributed by atoms with Crippen molar-refractivity contribution in [2.75, 3.05) is 12.0 Å². The molecule has 1 atom stereocenters. The molecule has 38 heavy (non-hydrogen) atoms. The van der Waals surface area contributed by atoms with E-state index < -0.39 is 30.0 Å². The fourth-order valence-electron chi connectivity index (χ4n) is 4.49. The van der Waals surface area contributed by atoms with Gasteiger partial charge in [-0.2, -0.15) is 13.9 Å². The van der Waals surface area contributed by atoms with Gasteiger partial charge in [0, 0.05) is 37.6 Å². The molecule has 14 heteroatoms. The third-order valence-electron chi connectivity index (χ3n) is 6.39. The molecular formula is C24H20ClF3N10. The van der Waals surface area contributed by atoms with Crippen LogP contribution >= 0.6 is 11.6 Å². The van der Waals surface area contributed by atoms with Crippen molar-refractivity contribution in [1.29, 1.82) is 0 Å². The molecule has 0 aliphatic carbocycles. The third-order valence-corrected chi connectivity index (χ3v) is 6.72. The summed E-state index contributed by atoms with van der Waals surface area (Å²) in [5.41, 5.74) is 1.29. The van der Waals surface area contributed by atoms with Crippen molar-refractivity contribution in [3.8, 4) is 23.0 Å². The maximum absolute atomic E-state index is 15.6. The van der Waals surface area contributed by atoms with Gasteiger partial charge in [0.2, 0.25) is 17.6 Å². The van der Waals surface area contributed by atoms with Gasteiger partial charge < -0.3 is 9.88 Å². The number of benzene rings is 1. The number of rotatable bonds is 6. The van der Waals surface area contributed by atoms with E-state index in [-0.39, 0.29) is 23.2 Å².